The molecule has 1 fully saturated rings. The molecule has 0 saturated carbocycles. The van der Waals surface area contributed by atoms with Crippen molar-refractivity contribution in [2.75, 3.05) is 13.2 Å². The van der Waals surface area contributed by atoms with Crippen molar-refractivity contribution in [3.8, 4) is 0 Å². The molecule has 9 nitrogen and oxygen atoms in total. The van der Waals surface area contributed by atoms with Crippen molar-refractivity contribution in [2.24, 2.45) is 0 Å². The van der Waals surface area contributed by atoms with Crippen molar-refractivity contribution >= 4 is 5.91 Å². The van der Waals surface area contributed by atoms with E-state index >= 15 is 0 Å². The van der Waals surface area contributed by atoms with Crippen LogP contribution in [-0.4, -0.2) is 87.5 Å². The van der Waals surface area contributed by atoms with E-state index in [1.807, 2.05) is 6.08 Å². The summed E-state index contributed by atoms with van der Waals surface area (Å²) < 4.78 is 11.2. The lowest BCUT2D eigenvalue weighted by molar-refractivity contribution is -0.302. The second-order valence-corrected chi connectivity index (χ2v) is 17.6. The van der Waals surface area contributed by atoms with Crippen molar-refractivity contribution in [1.29, 1.82) is 0 Å². The van der Waals surface area contributed by atoms with E-state index in [-0.39, 0.29) is 12.5 Å². The van der Waals surface area contributed by atoms with Crippen molar-refractivity contribution in [3.05, 3.63) is 24.3 Å². The minimum Gasteiger partial charge on any atom is -0.394 e. The molecule has 6 N–H and O–H groups in total. The number of unbranched alkanes of at least 4 members (excludes halogenated alkanes) is 30. The Bertz CT molecular complexity index is 977. The fourth-order valence-corrected chi connectivity index (χ4v) is 7.97. The fraction of sp³-hybridized carbons (Fsp3) is 0.900. The van der Waals surface area contributed by atoms with Gasteiger partial charge < -0.3 is 40.3 Å². The lowest BCUT2D eigenvalue weighted by atomic mass is 9.99. The van der Waals surface area contributed by atoms with Crippen LogP contribution in [0.2, 0.25) is 0 Å². The maximum atomic E-state index is 13.0. The third kappa shape index (κ3) is 31.2. The van der Waals surface area contributed by atoms with Gasteiger partial charge in [0.05, 0.1) is 25.4 Å². The summed E-state index contributed by atoms with van der Waals surface area (Å²) in [6.07, 6.45) is 42.3. The van der Waals surface area contributed by atoms with Crippen molar-refractivity contribution in [1.82, 2.24) is 5.32 Å². The number of rotatable bonds is 42. The van der Waals surface area contributed by atoms with Crippen LogP contribution in [0.15, 0.2) is 24.3 Å². The van der Waals surface area contributed by atoms with Crippen molar-refractivity contribution in [2.45, 2.75) is 275 Å². The van der Waals surface area contributed by atoms with Crippen LogP contribution in [-0.2, 0) is 14.3 Å². The Hall–Kier alpha value is -1.33. The molecule has 0 radical (unpaired) electrons. The number of carbonyl (C=O) groups excluding carboxylic acids is 1. The number of aliphatic hydroxyl groups is 5. The lowest BCUT2D eigenvalue weighted by Crippen LogP contribution is -2.60. The van der Waals surface area contributed by atoms with Crippen LogP contribution in [0.5, 0.6) is 0 Å². The van der Waals surface area contributed by atoms with E-state index in [1.54, 1.807) is 6.08 Å². The number of hydrogen-bond donors (Lipinski definition) is 6. The molecule has 0 spiro atoms. The molecule has 0 aliphatic carbocycles. The Kier molecular flexibility index (Phi) is 38.4. The van der Waals surface area contributed by atoms with Crippen LogP contribution in [0.1, 0.15) is 232 Å². The van der Waals surface area contributed by atoms with Gasteiger partial charge in [0, 0.05) is 6.42 Å². The maximum absolute atomic E-state index is 13.0. The molecule has 0 aromatic heterocycles. The highest BCUT2D eigenvalue weighted by atomic mass is 16.7. The summed E-state index contributed by atoms with van der Waals surface area (Å²) in [6.45, 7) is 3.78. The summed E-state index contributed by atoms with van der Waals surface area (Å²) in [5, 5.41) is 54.2. The average Bonchev–Trinajstić information content (AvgIpc) is 3.23. The predicted molar refractivity (Wildman–Crippen MR) is 244 cm³/mol. The highest BCUT2D eigenvalue weighted by Gasteiger charge is 2.44. The van der Waals surface area contributed by atoms with Crippen molar-refractivity contribution in [3.63, 3.8) is 0 Å². The van der Waals surface area contributed by atoms with Crippen LogP contribution in [0, 0.1) is 0 Å². The Balaban J connectivity index is 2.25. The number of allylic oxidation sites excluding steroid dienone is 3. The summed E-state index contributed by atoms with van der Waals surface area (Å²) in [6, 6.07) is -0.801. The first-order valence-corrected chi connectivity index (χ1v) is 25.1. The summed E-state index contributed by atoms with van der Waals surface area (Å²) in [5.74, 6) is -0.176. The maximum Gasteiger partial charge on any atom is 0.220 e. The summed E-state index contributed by atoms with van der Waals surface area (Å²) >= 11 is 0. The first-order valence-electron chi connectivity index (χ1n) is 25.1. The van der Waals surface area contributed by atoms with Crippen LogP contribution in [0.3, 0.4) is 0 Å². The van der Waals surface area contributed by atoms with Crippen LogP contribution in [0.4, 0.5) is 0 Å². The zero-order valence-corrected chi connectivity index (χ0v) is 38.3. The highest BCUT2D eigenvalue weighted by molar-refractivity contribution is 5.76. The van der Waals surface area contributed by atoms with Gasteiger partial charge in [0.25, 0.3) is 0 Å². The third-order valence-corrected chi connectivity index (χ3v) is 12.0. The first-order chi connectivity index (χ1) is 28.8. The fourth-order valence-electron chi connectivity index (χ4n) is 7.97. The topological polar surface area (TPSA) is 149 Å². The van der Waals surface area contributed by atoms with E-state index in [1.165, 1.54) is 173 Å². The van der Waals surface area contributed by atoms with Gasteiger partial charge in [-0.15, -0.1) is 0 Å². The van der Waals surface area contributed by atoms with Gasteiger partial charge in [0.1, 0.15) is 24.4 Å². The van der Waals surface area contributed by atoms with Crippen LogP contribution in [0.25, 0.3) is 0 Å². The van der Waals surface area contributed by atoms with Crippen molar-refractivity contribution < 1.29 is 39.8 Å². The minimum atomic E-state index is -1.56. The molecule has 348 valence electrons. The number of aliphatic hydroxyl groups excluding tert-OH is 5. The van der Waals surface area contributed by atoms with Gasteiger partial charge in [-0.1, -0.05) is 205 Å². The van der Waals surface area contributed by atoms with Gasteiger partial charge in [-0.25, -0.2) is 0 Å². The quantitative estimate of drug-likeness (QED) is 0.0263. The highest BCUT2D eigenvalue weighted by Crippen LogP contribution is 2.23. The Labute approximate surface area is 362 Å². The normalized spacial score (nSPS) is 20.8. The zero-order chi connectivity index (χ0) is 43.0. The van der Waals surface area contributed by atoms with Gasteiger partial charge in [-0.05, 0) is 44.9 Å². The van der Waals surface area contributed by atoms with E-state index in [2.05, 4.69) is 31.3 Å². The molecular formula is C50H95NO8. The minimum absolute atomic E-state index is 0.176. The predicted octanol–water partition coefficient (Wildman–Crippen LogP) is 11.1. The second kappa shape index (κ2) is 40.7. The average molecular weight is 838 g/mol. The van der Waals surface area contributed by atoms with Gasteiger partial charge in [0.15, 0.2) is 6.29 Å². The lowest BCUT2D eigenvalue weighted by Gasteiger charge is -2.40. The molecule has 1 amide bonds. The summed E-state index contributed by atoms with van der Waals surface area (Å²) in [4.78, 5) is 13.0. The molecule has 7 atom stereocenters. The van der Waals surface area contributed by atoms with Crippen LogP contribution >= 0.6 is 0 Å². The molecule has 1 aliphatic heterocycles. The van der Waals surface area contributed by atoms with Gasteiger partial charge >= 0.3 is 0 Å². The molecule has 1 heterocycles. The molecule has 1 rings (SSSR count). The third-order valence-electron chi connectivity index (χ3n) is 12.0. The summed E-state index contributed by atoms with van der Waals surface area (Å²) in [7, 11) is 0. The second-order valence-electron chi connectivity index (χ2n) is 17.6. The smallest absolute Gasteiger partial charge is 0.220 e. The SMILES string of the molecule is CCCCCCCC/C=C\CCCCCCCCCCCCCCCC(=O)N[C@@H](CO[C@@H]1O[C@H](CO)[C@@H](O)[C@H](O)[C@H]1O)[C@H](O)/C=C/CCCCCCCCCCCCC. The zero-order valence-electron chi connectivity index (χ0n) is 38.3. The molecule has 9 heteroatoms. The number of nitrogens with one attached hydrogen (secondary N) is 1. The standard InChI is InChI=1S/C50H95NO8/c1-3-5-7-9-11-13-15-17-18-19-20-21-22-23-24-25-26-28-30-32-34-36-38-40-46(54)51-43(42-58-50-49(57)48(56)47(55)45(41-52)59-50)44(53)39-37-35-33-31-29-27-16-14-12-10-8-6-4-2/h17-18,37,39,43-45,47-50,52-53,55-57H,3-16,19-36,38,40-42H2,1-2H3,(H,51,54)/b18-17-,39-37+/t43-,44+,45+,47+,48-,49+,50+/m0/s1. The molecule has 59 heavy (non-hydrogen) atoms. The number of hydrogen-bond acceptors (Lipinski definition) is 8. The van der Waals surface area contributed by atoms with Crippen LogP contribution < -0.4 is 5.32 Å². The van der Waals surface area contributed by atoms with E-state index in [0.29, 0.717) is 6.42 Å². The Morgan fingerprint density at radius 2 is 0.949 bits per heavy atom. The van der Waals surface area contributed by atoms with E-state index in [4.69, 9.17) is 9.47 Å². The molecule has 0 bridgehead atoms. The largest absolute Gasteiger partial charge is 0.394 e. The van der Waals surface area contributed by atoms with E-state index < -0.39 is 49.5 Å². The van der Waals surface area contributed by atoms with Gasteiger partial charge in [-0.3, -0.25) is 4.79 Å². The molecule has 0 aromatic carbocycles. The Morgan fingerprint density at radius 3 is 1.37 bits per heavy atom. The monoisotopic (exact) mass is 838 g/mol. The number of ether oxygens (including phenoxy) is 2. The van der Waals surface area contributed by atoms with Gasteiger partial charge in [-0.2, -0.15) is 0 Å². The molecule has 1 saturated heterocycles. The number of carbonyl (C=O) groups is 1. The first kappa shape index (κ1) is 55.7. The van der Waals surface area contributed by atoms with Gasteiger partial charge in [0.2, 0.25) is 5.91 Å². The Morgan fingerprint density at radius 1 is 0.559 bits per heavy atom. The number of amides is 1. The molecule has 0 aromatic rings. The molecular weight excluding hydrogens is 743 g/mol. The summed E-state index contributed by atoms with van der Waals surface area (Å²) in [5.41, 5.74) is 0. The van der Waals surface area contributed by atoms with E-state index in [9.17, 15) is 30.3 Å². The molecule has 0 unspecified atom stereocenters. The molecule has 1 aliphatic rings. The van der Waals surface area contributed by atoms with E-state index in [0.717, 1.165) is 38.5 Å².